The number of aliphatic carboxylic acids is 1. The number of carboxylic acid groups (broad SMARTS) is 1. The summed E-state index contributed by atoms with van der Waals surface area (Å²) in [5, 5.41) is 9.23. The minimum Gasteiger partial charge on any atom is -0.489 e. The first-order chi connectivity index (χ1) is 8.52. The summed E-state index contributed by atoms with van der Waals surface area (Å²) in [5.74, 6) is -1.02. The SMILES string of the molecule is Cc1cc(Br)c(OC2CC2)c(C(CN)C(=O)O)c1. The molecule has 5 heteroatoms. The zero-order valence-corrected chi connectivity index (χ0v) is 11.7. The van der Waals surface area contributed by atoms with Gasteiger partial charge in [-0.15, -0.1) is 0 Å². The molecule has 1 aliphatic carbocycles. The molecule has 0 heterocycles. The molecule has 2 rings (SSSR count). The molecule has 0 aromatic heterocycles. The van der Waals surface area contributed by atoms with Crippen LogP contribution in [0.4, 0.5) is 0 Å². The van der Waals surface area contributed by atoms with Crippen molar-refractivity contribution in [1.29, 1.82) is 0 Å². The first-order valence-electron chi connectivity index (χ1n) is 5.92. The maximum atomic E-state index is 11.3. The fourth-order valence-electron chi connectivity index (χ4n) is 1.85. The van der Waals surface area contributed by atoms with Crippen LogP contribution in [0.25, 0.3) is 0 Å². The van der Waals surface area contributed by atoms with E-state index < -0.39 is 11.9 Å². The van der Waals surface area contributed by atoms with E-state index in [4.69, 9.17) is 10.5 Å². The predicted molar refractivity (Wildman–Crippen MR) is 72.0 cm³/mol. The van der Waals surface area contributed by atoms with Gasteiger partial charge in [0.25, 0.3) is 0 Å². The van der Waals surface area contributed by atoms with Gasteiger partial charge in [-0.3, -0.25) is 4.79 Å². The molecule has 98 valence electrons. The lowest BCUT2D eigenvalue weighted by Crippen LogP contribution is -2.22. The molecule has 1 unspecified atom stereocenters. The van der Waals surface area contributed by atoms with E-state index in [1.165, 1.54) is 0 Å². The number of aryl methyl sites for hydroxylation is 1. The average molecular weight is 314 g/mol. The maximum absolute atomic E-state index is 11.3. The van der Waals surface area contributed by atoms with Gasteiger partial charge in [0.1, 0.15) is 5.75 Å². The van der Waals surface area contributed by atoms with Gasteiger partial charge in [0, 0.05) is 12.1 Å². The average Bonchev–Trinajstić information content (AvgIpc) is 3.07. The fraction of sp³-hybridized carbons (Fsp3) is 0.462. The number of carbonyl (C=O) groups is 1. The van der Waals surface area contributed by atoms with Gasteiger partial charge in [-0.2, -0.15) is 0 Å². The van der Waals surface area contributed by atoms with E-state index in [1.54, 1.807) is 0 Å². The van der Waals surface area contributed by atoms with Gasteiger partial charge < -0.3 is 15.6 Å². The van der Waals surface area contributed by atoms with Crippen molar-refractivity contribution >= 4 is 21.9 Å². The monoisotopic (exact) mass is 313 g/mol. The molecule has 1 saturated carbocycles. The number of ether oxygens (including phenoxy) is 1. The first-order valence-corrected chi connectivity index (χ1v) is 6.71. The Morgan fingerprint density at radius 2 is 2.28 bits per heavy atom. The topological polar surface area (TPSA) is 72.5 Å². The number of hydrogen-bond donors (Lipinski definition) is 2. The van der Waals surface area contributed by atoms with Crippen molar-refractivity contribution in [2.24, 2.45) is 5.73 Å². The molecule has 1 aromatic carbocycles. The molecule has 18 heavy (non-hydrogen) atoms. The summed E-state index contributed by atoms with van der Waals surface area (Å²) in [6.07, 6.45) is 2.27. The Bertz CT molecular complexity index is 472. The Labute approximate surface area is 114 Å². The minimum atomic E-state index is -0.921. The van der Waals surface area contributed by atoms with Gasteiger partial charge in [0.15, 0.2) is 0 Å². The molecule has 0 amide bonds. The van der Waals surface area contributed by atoms with E-state index in [9.17, 15) is 9.90 Å². The van der Waals surface area contributed by atoms with Crippen molar-refractivity contribution in [3.05, 3.63) is 27.7 Å². The molecule has 4 nitrogen and oxygen atoms in total. The van der Waals surface area contributed by atoms with Crippen molar-refractivity contribution in [2.45, 2.75) is 31.8 Å². The Kier molecular flexibility index (Phi) is 3.92. The lowest BCUT2D eigenvalue weighted by atomic mass is 9.96. The Balaban J connectivity index is 2.44. The van der Waals surface area contributed by atoms with E-state index >= 15 is 0 Å². The molecule has 3 N–H and O–H groups in total. The third-order valence-electron chi connectivity index (χ3n) is 2.93. The van der Waals surface area contributed by atoms with Crippen LogP contribution in [-0.2, 0) is 4.79 Å². The third-order valence-corrected chi connectivity index (χ3v) is 3.52. The lowest BCUT2D eigenvalue weighted by Gasteiger charge is -2.18. The van der Waals surface area contributed by atoms with Gasteiger partial charge in [-0.05, 0) is 47.3 Å². The molecule has 0 saturated heterocycles. The largest absolute Gasteiger partial charge is 0.489 e. The van der Waals surface area contributed by atoms with Crippen molar-refractivity contribution in [3.63, 3.8) is 0 Å². The summed E-state index contributed by atoms with van der Waals surface area (Å²) in [6, 6.07) is 3.77. The first kappa shape index (κ1) is 13.4. The van der Waals surface area contributed by atoms with E-state index in [-0.39, 0.29) is 12.6 Å². The van der Waals surface area contributed by atoms with Crippen LogP contribution in [0.3, 0.4) is 0 Å². The summed E-state index contributed by atoms with van der Waals surface area (Å²) in [6.45, 7) is 1.98. The van der Waals surface area contributed by atoms with E-state index in [0.717, 1.165) is 22.9 Å². The molecule has 1 aliphatic rings. The van der Waals surface area contributed by atoms with Gasteiger partial charge in [-0.25, -0.2) is 0 Å². The second-order valence-electron chi connectivity index (χ2n) is 4.61. The van der Waals surface area contributed by atoms with Gasteiger partial charge in [-0.1, -0.05) is 6.07 Å². The molecule has 1 fully saturated rings. The summed E-state index contributed by atoms with van der Waals surface area (Å²) in [7, 11) is 0. The predicted octanol–water partition coefficient (Wildman–Crippen LogP) is 2.43. The zero-order chi connectivity index (χ0) is 13.3. The molecule has 1 atom stereocenters. The molecule has 0 bridgehead atoms. The molecule has 0 radical (unpaired) electrons. The van der Waals surface area contributed by atoms with Crippen molar-refractivity contribution < 1.29 is 14.6 Å². The van der Waals surface area contributed by atoms with Crippen LogP contribution in [0.5, 0.6) is 5.75 Å². The zero-order valence-electron chi connectivity index (χ0n) is 10.1. The highest BCUT2D eigenvalue weighted by molar-refractivity contribution is 9.10. The number of hydrogen-bond acceptors (Lipinski definition) is 3. The van der Waals surface area contributed by atoms with Gasteiger partial charge in [0.2, 0.25) is 0 Å². The number of carboxylic acids is 1. The highest BCUT2D eigenvalue weighted by Gasteiger charge is 2.29. The van der Waals surface area contributed by atoms with Gasteiger partial charge >= 0.3 is 5.97 Å². The van der Waals surface area contributed by atoms with Crippen LogP contribution in [0.1, 0.15) is 29.9 Å². The number of nitrogens with two attached hydrogens (primary N) is 1. The van der Waals surface area contributed by atoms with Crippen LogP contribution < -0.4 is 10.5 Å². The number of rotatable bonds is 5. The highest BCUT2D eigenvalue weighted by Crippen LogP contribution is 2.39. The lowest BCUT2D eigenvalue weighted by molar-refractivity contribution is -0.138. The number of benzene rings is 1. The van der Waals surface area contributed by atoms with E-state index in [0.29, 0.717) is 11.3 Å². The van der Waals surface area contributed by atoms with Crippen LogP contribution >= 0.6 is 15.9 Å². The minimum absolute atomic E-state index is 0.0618. The van der Waals surface area contributed by atoms with Crippen molar-refractivity contribution in [3.8, 4) is 5.75 Å². The van der Waals surface area contributed by atoms with Crippen LogP contribution in [0.2, 0.25) is 0 Å². The highest BCUT2D eigenvalue weighted by atomic mass is 79.9. The normalized spacial score (nSPS) is 16.4. The molecule has 1 aromatic rings. The van der Waals surface area contributed by atoms with Crippen LogP contribution in [0.15, 0.2) is 16.6 Å². The quantitative estimate of drug-likeness (QED) is 0.875. The fourth-order valence-corrected chi connectivity index (χ4v) is 2.54. The smallest absolute Gasteiger partial charge is 0.312 e. The Hall–Kier alpha value is -1.07. The van der Waals surface area contributed by atoms with Crippen LogP contribution in [-0.4, -0.2) is 23.7 Å². The number of halogens is 1. The van der Waals surface area contributed by atoms with Crippen molar-refractivity contribution in [2.75, 3.05) is 6.54 Å². The van der Waals surface area contributed by atoms with Crippen LogP contribution in [0, 0.1) is 6.92 Å². The Morgan fingerprint density at radius 1 is 1.61 bits per heavy atom. The van der Waals surface area contributed by atoms with E-state index in [2.05, 4.69) is 15.9 Å². The Morgan fingerprint density at radius 3 is 2.78 bits per heavy atom. The second-order valence-corrected chi connectivity index (χ2v) is 5.46. The standard InChI is InChI=1S/C13H16BrNO3/c1-7-4-9(10(6-15)13(16)17)12(11(14)5-7)18-8-2-3-8/h4-5,8,10H,2-3,6,15H2,1H3,(H,16,17). The maximum Gasteiger partial charge on any atom is 0.312 e. The molecular formula is C13H16BrNO3. The summed E-state index contributed by atoms with van der Waals surface area (Å²) < 4.78 is 6.60. The molecule has 0 aliphatic heterocycles. The van der Waals surface area contributed by atoms with Crippen molar-refractivity contribution in [1.82, 2.24) is 0 Å². The molecule has 0 spiro atoms. The summed E-state index contributed by atoms with van der Waals surface area (Å²) >= 11 is 3.44. The molecular weight excluding hydrogens is 298 g/mol. The summed E-state index contributed by atoms with van der Waals surface area (Å²) in [4.78, 5) is 11.3. The third kappa shape index (κ3) is 2.84. The van der Waals surface area contributed by atoms with Gasteiger partial charge in [0.05, 0.1) is 16.5 Å². The van der Waals surface area contributed by atoms with E-state index in [1.807, 2.05) is 19.1 Å². The second kappa shape index (κ2) is 5.28. The summed E-state index contributed by atoms with van der Waals surface area (Å²) in [5.41, 5.74) is 7.21.